The van der Waals surface area contributed by atoms with E-state index >= 15 is 0 Å². The van der Waals surface area contributed by atoms with Crippen LogP contribution in [0, 0.1) is 0 Å². The molecule has 6 rings (SSSR count). The van der Waals surface area contributed by atoms with Crippen molar-refractivity contribution in [3.05, 3.63) is 53.7 Å². The summed E-state index contributed by atoms with van der Waals surface area (Å²) in [7, 11) is 0. The number of hydrogen-bond acceptors (Lipinski definition) is 7. The minimum absolute atomic E-state index is 0.0168. The van der Waals surface area contributed by atoms with Crippen molar-refractivity contribution >= 4 is 23.1 Å². The number of alkyl halides is 3. The van der Waals surface area contributed by atoms with Crippen LogP contribution in [0.25, 0.3) is 0 Å². The summed E-state index contributed by atoms with van der Waals surface area (Å²) < 4.78 is 54.1. The van der Waals surface area contributed by atoms with Gasteiger partial charge in [0.15, 0.2) is 5.75 Å². The number of carbonyl (C=O) groups is 1. The second-order valence-corrected chi connectivity index (χ2v) is 10.2. The van der Waals surface area contributed by atoms with E-state index in [4.69, 9.17) is 9.47 Å². The lowest BCUT2D eigenvalue weighted by Crippen LogP contribution is -2.51. The van der Waals surface area contributed by atoms with E-state index in [0.29, 0.717) is 63.9 Å². The van der Waals surface area contributed by atoms with Crippen LogP contribution >= 0.6 is 0 Å². The number of amides is 1. The highest BCUT2D eigenvalue weighted by Crippen LogP contribution is 2.47. The Bertz CT molecular complexity index is 1240. The second-order valence-electron chi connectivity index (χ2n) is 10.2. The first-order valence-corrected chi connectivity index (χ1v) is 12.9. The third kappa shape index (κ3) is 4.58. The maximum absolute atomic E-state index is 14.2. The molecule has 1 atom stereocenters. The first kappa shape index (κ1) is 25.0. The highest BCUT2D eigenvalue weighted by Gasteiger charge is 2.41. The van der Waals surface area contributed by atoms with Gasteiger partial charge < -0.3 is 24.6 Å². The van der Waals surface area contributed by atoms with Gasteiger partial charge in [-0.1, -0.05) is 6.58 Å². The number of halogens is 3. The van der Waals surface area contributed by atoms with Crippen molar-refractivity contribution < 1.29 is 27.4 Å². The van der Waals surface area contributed by atoms with Crippen LogP contribution in [0.4, 0.5) is 30.4 Å². The van der Waals surface area contributed by atoms with Crippen molar-refractivity contribution in [2.24, 2.45) is 0 Å². The smallest absolute Gasteiger partial charge is 0.420 e. The van der Waals surface area contributed by atoms with Crippen molar-refractivity contribution in [3.8, 4) is 5.75 Å². The number of aromatic nitrogens is 1. The summed E-state index contributed by atoms with van der Waals surface area (Å²) in [6, 6.07) is 5.09. The number of fused-ring (bicyclic) bond motifs is 2. The molecule has 1 unspecified atom stereocenters. The quantitative estimate of drug-likeness (QED) is 0.605. The van der Waals surface area contributed by atoms with Crippen LogP contribution < -0.4 is 15.0 Å². The van der Waals surface area contributed by atoms with Gasteiger partial charge in [-0.15, -0.1) is 0 Å². The number of nitrogens with one attached hydrogen (secondary N) is 1. The van der Waals surface area contributed by atoms with Gasteiger partial charge in [0.25, 0.3) is 0 Å². The predicted octanol–water partition coefficient (Wildman–Crippen LogP) is 3.76. The van der Waals surface area contributed by atoms with E-state index < -0.39 is 11.7 Å². The maximum atomic E-state index is 14.2. The molecular weight excluding hydrogens is 499 g/mol. The summed E-state index contributed by atoms with van der Waals surface area (Å²) >= 11 is 0. The van der Waals surface area contributed by atoms with Crippen LogP contribution in [-0.4, -0.2) is 79.2 Å². The molecule has 5 heterocycles. The largest absolute Gasteiger partial charge is 0.486 e. The number of anilines is 3. The van der Waals surface area contributed by atoms with Crippen LogP contribution in [0.3, 0.4) is 0 Å². The standard InChI is InChI=1S/C27H30F3N5O3/c1-2-24(36)34-6-4-19(15-34)35-13-18(14-35)17-11-21(27(28,29)30)25-22(12-17)32-26-20(16-38-25)23(3-5-31-26)33-7-9-37-10-8-33/h2-3,5,11-12,18-19H,1,4,6-10,13-16H2,(H,31,32). The molecule has 0 radical (unpaired) electrons. The lowest BCUT2D eigenvalue weighted by molar-refractivity contribution is -0.139. The molecule has 1 aromatic heterocycles. The molecular formula is C27H30F3N5O3. The summed E-state index contributed by atoms with van der Waals surface area (Å²) in [5, 5.41) is 3.17. The molecule has 3 saturated heterocycles. The Morgan fingerprint density at radius 2 is 1.95 bits per heavy atom. The Morgan fingerprint density at radius 3 is 2.68 bits per heavy atom. The molecule has 0 aliphatic carbocycles. The number of ether oxygens (including phenoxy) is 2. The van der Waals surface area contributed by atoms with Crippen LogP contribution in [0.15, 0.2) is 37.1 Å². The first-order valence-electron chi connectivity index (χ1n) is 12.9. The van der Waals surface area contributed by atoms with Gasteiger partial charge >= 0.3 is 6.18 Å². The van der Waals surface area contributed by atoms with E-state index in [1.54, 1.807) is 17.2 Å². The van der Waals surface area contributed by atoms with Crippen LogP contribution in [0.2, 0.25) is 0 Å². The van der Waals surface area contributed by atoms with Gasteiger partial charge in [-0.3, -0.25) is 9.69 Å². The molecule has 3 fully saturated rings. The molecule has 1 amide bonds. The minimum atomic E-state index is -4.57. The maximum Gasteiger partial charge on any atom is 0.420 e. The zero-order chi connectivity index (χ0) is 26.4. The second kappa shape index (κ2) is 9.77. The summed E-state index contributed by atoms with van der Waals surface area (Å²) in [4.78, 5) is 22.5. The fourth-order valence-electron chi connectivity index (χ4n) is 5.84. The van der Waals surface area contributed by atoms with E-state index in [2.05, 4.69) is 26.7 Å². The number of nitrogens with zero attached hydrogens (tertiary/aromatic N) is 4. The Hall–Kier alpha value is -3.31. The van der Waals surface area contributed by atoms with E-state index in [1.165, 1.54) is 12.1 Å². The molecule has 1 aromatic carbocycles. The number of pyridine rings is 1. The minimum Gasteiger partial charge on any atom is -0.486 e. The van der Waals surface area contributed by atoms with Crippen LogP contribution in [0.1, 0.15) is 29.0 Å². The Morgan fingerprint density at radius 1 is 1.16 bits per heavy atom. The number of hydrogen-bond donors (Lipinski definition) is 1. The van der Waals surface area contributed by atoms with Gasteiger partial charge in [0.05, 0.1) is 30.0 Å². The van der Waals surface area contributed by atoms with Gasteiger partial charge in [0.2, 0.25) is 5.91 Å². The van der Waals surface area contributed by atoms with Crippen molar-refractivity contribution in [1.82, 2.24) is 14.8 Å². The van der Waals surface area contributed by atoms with Gasteiger partial charge in [0, 0.05) is 63.1 Å². The molecule has 38 heavy (non-hydrogen) atoms. The van der Waals surface area contributed by atoms with Crippen molar-refractivity contribution in [2.45, 2.75) is 31.2 Å². The fourth-order valence-corrected chi connectivity index (χ4v) is 5.84. The molecule has 202 valence electrons. The lowest BCUT2D eigenvalue weighted by Gasteiger charge is -2.43. The zero-order valence-electron chi connectivity index (χ0n) is 21.0. The molecule has 4 aliphatic rings. The molecule has 8 nitrogen and oxygen atoms in total. The van der Waals surface area contributed by atoms with Crippen LogP contribution in [0.5, 0.6) is 5.75 Å². The zero-order valence-corrected chi connectivity index (χ0v) is 21.0. The van der Waals surface area contributed by atoms with E-state index in [9.17, 15) is 18.0 Å². The van der Waals surface area contributed by atoms with Gasteiger partial charge in [-0.2, -0.15) is 13.2 Å². The number of benzene rings is 1. The summed E-state index contributed by atoms with van der Waals surface area (Å²) in [6.45, 7) is 8.70. The first-order chi connectivity index (χ1) is 18.3. The van der Waals surface area contributed by atoms with Gasteiger partial charge in [0.1, 0.15) is 12.4 Å². The van der Waals surface area contributed by atoms with Gasteiger partial charge in [-0.25, -0.2) is 4.98 Å². The molecule has 11 heteroatoms. The monoisotopic (exact) mass is 529 g/mol. The summed E-state index contributed by atoms with van der Waals surface area (Å²) in [5.74, 6) is 0.188. The van der Waals surface area contributed by atoms with Crippen LogP contribution in [-0.2, 0) is 22.3 Å². The van der Waals surface area contributed by atoms with E-state index in [0.717, 1.165) is 17.7 Å². The Labute approximate surface area is 219 Å². The number of morpholine rings is 1. The summed E-state index contributed by atoms with van der Waals surface area (Å²) in [6.07, 6.45) is -0.726. The SMILES string of the molecule is C=CC(=O)N1CCC(N2CC(c3cc4c(c(C(F)(F)F)c3)OCc3c(N5CCOCC5)ccnc3N4)C2)C1. The van der Waals surface area contributed by atoms with Crippen molar-refractivity contribution in [1.29, 1.82) is 0 Å². The number of carbonyl (C=O) groups excluding carboxylic acids is 1. The lowest BCUT2D eigenvalue weighted by atomic mass is 9.88. The highest BCUT2D eigenvalue weighted by atomic mass is 19.4. The molecule has 2 aromatic rings. The summed E-state index contributed by atoms with van der Waals surface area (Å²) in [5.41, 5.74) is 1.74. The average molecular weight is 530 g/mol. The molecule has 0 bridgehead atoms. The number of likely N-dealkylation sites (tertiary alicyclic amines) is 2. The van der Waals surface area contributed by atoms with Gasteiger partial charge in [-0.05, 0) is 36.3 Å². The molecule has 1 N–H and O–H groups in total. The fraction of sp³-hybridized carbons (Fsp3) is 0.481. The van der Waals surface area contributed by atoms with Crippen molar-refractivity contribution in [3.63, 3.8) is 0 Å². The third-order valence-corrected chi connectivity index (χ3v) is 7.96. The van der Waals surface area contributed by atoms with E-state index in [1.807, 2.05) is 6.07 Å². The van der Waals surface area contributed by atoms with Crippen molar-refractivity contribution in [2.75, 3.05) is 62.7 Å². The topological polar surface area (TPSA) is 70.2 Å². The normalized spacial score (nSPS) is 22.0. The highest BCUT2D eigenvalue weighted by molar-refractivity contribution is 5.87. The van der Waals surface area contributed by atoms with E-state index in [-0.39, 0.29) is 35.9 Å². The average Bonchev–Trinajstić information content (AvgIpc) is 3.28. The molecule has 0 spiro atoms. The molecule has 0 saturated carbocycles. The Balaban J connectivity index is 1.25. The number of rotatable bonds is 4. The Kier molecular flexibility index (Phi) is 6.43. The molecule has 4 aliphatic heterocycles. The third-order valence-electron chi connectivity index (χ3n) is 7.96. The predicted molar refractivity (Wildman–Crippen MR) is 136 cm³/mol.